The van der Waals surface area contributed by atoms with E-state index in [0.29, 0.717) is 55.4 Å². The van der Waals surface area contributed by atoms with Crippen LogP contribution in [0.1, 0.15) is 80.3 Å². The van der Waals surface area contributed by atoms with Crippen LogP contribution in [0.5, 0.6) is 5.75 Å². The molecule has 3 aliphatic heterocycles. The average molecular weight is 694 g/mol. The van der Waals surface area contributed by atoms with Crippen molar-refractivity contribution < 1.29 is 31.8 Å². The fraction of sp³-hybridized carbons (Fsp3) is 0.629. The third kappa shape index (κ3) is 7.58. The number of amides is 1. The molecular formula is C35H46ClF2N3O5S. The molecule has 3 heterocycles. The Kier molecular flexibility index (Phi) is 9.84. The van der Waals surface area contributed by atoms with Crippen LogP contribution in [0.4, 0.5) is 14.5 Å². The molecule has 0 spiro atoms. The van der Waals surface area contributed by atoms with Crippen LogP contribution in [0.25, 0.3) is 0 Å². The lowest BCUT2D eigenvalue weighted by Crippen LogP contribution is -2.63. The molecule has 47 heavy (non-hydrogen) atoms. The largest absolute Gasteiger partial charge is 0.487 e. The van der Waals surface area contributed by atoms with E-state index in [0.717, 1.165) is 43.2 Å². The van der Waals surface area contributed by atoms with Gasteiger partial charge in [-0.1, -0.05) is 31.0 Å². The Morgan fingerprint density at radius 2 is 1.83 bits per heavy atom. The molecule has 1 aliphatic carbocycles. The van der Waals surface area contributed by atoms with Gasteiger partial charge in [-0.25, -0.2) is 21.9 Å². The third-order valence-electron chi connectivity index (χ3n) is 11.0. The van der Waals surface area contributed by atoms with Gasteiger partial charge >= 0.3 is 0 Å². The van der Waals surface area contributed by atoms with Gasteiger partial charge in [-0.05, 0) is 111 Å². The number of fused-ring (bicyclic) bond motifs is 3. The number of hydrogen-bond donors (Lipinski definition) is 2. The number of likely N-dealkylation sites (tertiary alicyclic amines) is 1. The number of alkyl halides is 2. The van der Waals surface area contributed by atoms with Crippen molar-refractivity contribution in [3.63, 3.8) is 0 Å². The molecule has 2 aromatic carbocycles. The van der Waals surface area contributed by atoms with E-state index in [9.17, 15) is 27.1 Å². The molecule has 12 heteroatoms. The number of sulfonamides is 1. The van der Waals surface area contributed by atoms with Crippen molar-refractivity contribution in [2.24, 2.45) is 17.8 Å². The summed E-state index contributed by atoms with van der Waals surface area (Å²) in [5.41, 5.74) is 1.89. The van der Waals surface area contributed by atoms with E-state index in [1.54, 1.807) is 30.0 Å². The maximum Gasteiger partial charge on any atom is 0.272 e. The summed E-state index contributed by atoms with van der Waals surface area (Å²) in [4.78, 5) is 17.3. The van der Waals surface area contributed by atoms with Gasteiger partial charge in [0.1, 0.15) is 12.4 Å². The highest BCUT2D eigenvalue weighted by molar-refractivity contribution is 7.90. The topological polar surface area (TPSA) is 99.2 Å². The minimum absolute atomic E-state index is 0.0958. The van der Waals surface area contributed by atoms with E-state index < -0.39 is 32.7 Å². The summed E-state index contributed by atoms with van der Waals surface area (Å²) in [6.45, 7) is 4.44. The molecular weight excluding hydrogens is 648 g/mol. The molecule has 1 amide bonds. The summed E-state index contributed by atoms with van der Waals surface area (Å²) in [7, 11) is -4.01. The molecule has 2 N–H and O–H groups in total. The summed E-state index contributed by atoms with van der Waals surface area (Å²) in [5, 5.41) is 12.1. The number of nitrogens with zero attached hydrogens (tertiary/aromatic N) is 2. The van der Waals surface area contributed by atoms with E-state index in [-0.39, 0.29) is 43.0 Å². The number of aliphatic hydroxyl groups is 1. The van der Waals surface area contributed by atoms with E-state index >= 15 is 0 Å². The zero-order valence-corrected chi connectivity index (χ0v) is 28.8. The standard InChI is InChI=1S/C35H46ClF2N3O5S/c1-23-6-5-14-34(43,20-40-21-35(37,38)22-40)30-12-9-27(30)18-41-15-4-3-7-25-16-29(36)11-8-28(25)19-46-32-13-10-26(17-31(32)41)33(42)39-47(44,45)24(23)2/h8,10-11,13,16-17,23-24,27,30,43H,3-7,9,12,14-15,18-22H2,1-2H3,(H,39,42)/t23-,24+,27-,30+,34-/m0/s1. The maximum atomic E-state index is 13.8. The van der Waals surface area contributed by atoms with Crippen LogP contribution in [0, 0.1) is 17.8 Å². The Balaban J connectivity index is 1.37. The Labute approximate surface area is 281 Å². The fourth-order valence-corrected chi connectivity index (χ4v) is 9.40. The van der Waals surface area contributed by atoms with E-state index in [2.05, 4.69) is 9.62 Å². The van der Waals surface area contributed by atoms with Crippen molar-refractivity contribution in [2.75, 3.05) is 37.6 Å². The summed E-state index contributed by atoms with van der Waals surface area (Å²) >= 11 is 6.32. The highest BCUT2D eigenvalue weighted by Gasteiger charge is 2.52. The summed E-state index contributed by atoms with van der Waals surface area (Å²) in [6.07, 6.45) is 5.71. The molecule has 0 aromatic heterocycles. The number of nitrogens with one attached hydrogen (secondary N) is 1. The SMILES string of the molecule is C[C@@H]1[C@@H](C)CCC[C@](O)(CN2CC(F)(F)C2)[C@@H]2CC[C@H]2CN2CCCCc3cc(Cl)ccc3COc3ccc(cc32)C(=O)NS1(=O)=O. The van der Waals surface area contributed by atoms with Crippen molar-refractivity contribution >= 4 is 33.2 Å². The van der Waals surface area contributed by atoms with Gasteiger partial charge in [-0.3, -0.25) is 9.69 Å². The number of rotatable bonds is 2. The normalized spacial score (nSPS) is 31.4. The highest BCUT2D eigenvalue weighted by Crippen LogP contribution is 2.47. The molecule has 8 nitrogen and oxygen atoms in total. The zero-order valence-electron chi connectivity index (χ0n) is 27.2. The first kappa shape index (κ1) is 34.4. The van der Waals surface area contributed by atoms with Crippen molar-refractivity contribution in [2.45, 2.75) is 88.6 Å². The lowest BCUT2D eigenvalue weighted by Gasteiger charge is -2.52. The highest BCUT2D eigenvalue weighted by atomic mass is 35.5. The van der Waals surface area contributed by atoms with Crippen LogP contribution in [0.15, 0.2) is 36.4 Å². The molecule has 2 aromatic rings. The molecule has 4 aliphatic rings. The number of carbonyl (C=O) groups is 1. The second kappa shape index (κ2) is 13.4. The molecule has 1 saturated carbocycles. The number of benzene rings is 2. The fourth-order valence-electron chi connectivity index (χ4n) is 7.90. The monoisotopic (exact) mass is 693 g/mol. The molecule has 1 saturated heterocycles. The lowest BCUT2D eigenvalue weighted by molar-refractivity contribution is -0.173. The first-order valence-electron chi connectivity index (χ1n) is 16.9. The first-order chi connectivity index (χ1) is 22.2. The van der Waals surface area contributed by atoms with Crippen LogP contribution < -0.4 is 14.4 Å². The molecule has 0 unspecified atom stereocenters. The van der Waals surface area contributed by atoms with Gasteiger partial charge in [0.15, 0.2) is 0 Å². The van der Waals surface area contributed by atoms with E-state index in [4.69, 9.17) is 16.3 Å². The predicted molar refractivity (Wildman–Crippen MR) is 179 cm³/mol. The average Bonchev–Trinajstić information content (AvgIpc) is 3.00. The van der Waals surface area contributed by atoms with Gasteiger partial charge in [0.25, 0.3) is 11.8 Å². The number of ether oxygens (including phenoxy) is 1. The lowest BCUT2D eigenvalue weighted by atomic mass is 9.62. The maximum absolute atomic E-state index is 13.8. The van der Waals surface area contributed by atoms with Crippen LogP contribution >= 0.6 is 11.6 Å². The summed E-state index contributed by atoms with van der Waals surface area (Å²) in [5.74, 6) is -3.13. The number of aryl methyl sites for hydroxylation is 1. The molecule has 2 fully saturated rings. The smallest absolute Gasteiger partial charge is 0.272 e. The first-order valence-corrected chi connectivity index (χ1v) is 18.8. The minimum Gasteiger partial charge on any atom is -0.487 e. The number of hydrogen-bond acceptors (Lipinski definition) is 7. The number of halogens is 3. The van der Waals surface area contributed by atoms with E-state index in [1.807, 2.05) is 25.1 Å². The Hall–Kier alpha value is -2.47. The Bertz CT molecular complexity index is 1580. The summed E-state index contributed by atoms with van der Waals surface area (Å²) < 4.78 is 63.1. The molecule has 258 valence electrons. The summed E-state index contributed by atoms with van der Waals surface area (Å²) in [6, 6.07) is 10.8. The van der Waals surface area contributed by atoms with Crippen LogP contribution in [0.3, 0.4) is 0 Å². The number of anilines is 1. The van der Waals surface area contributed by atoms with Gasteiger partial charge in [0.05, 0.1) is 29.6 Å². The Morgan fingerprint density at radius 3 is 2.55 bits per heavy atom. The van der Waals surface area contributed by atoms with Gasteiger partial charge in [0, 0.05) is 30.2 Å². The minimum atomic E-state index is -4.01. The zero-order chi connectivity index (χ0) is 33.6. The van der Waals surface area contributed by atoms with Gasteiger partial charge in [-0.15, -0.1) is 0 Å². The van der Waals surface area contributed by atoms with Gasteiger partial charge in [0.2, 0.25) is 10.0 Å². The third-order valence-corrected chi connectivity index (χ3v) is 13.2. The van der Waals surface area contributed by atoms with Crippen molar-refractivity contribution in [3.8, 4) is 5.75 Å². The Morgan fingerprint density at radius 1 is 1.04 bits per heavy atom. The van der Waals surface area contributed by atoms with Crippen LogP contribution in [-0.4, -0.2) is 73.8 Å². The molecule has 0 radical (unpaired) electrons. The molecule has 5 atom stereocenters. The second-order valence-corrected chi connectivity index (χ2v) is 16.9. The predicted octanol–water partition coefficient (Wildman–Crippen LogP) is 6.04. The molecule has 2 bridgehead atoms. The van der Waals surface area contributed by atoms with Crippen molar-refractivity contribution in [1.29, 1.82) is 0 Å². The van der Waals surface area contributed by atoms with Crippen LogP contribution in [-0.2, 0) is 23.1 Å². The molecule has 6 rings (SSSR count). The van der Waals surface area contributed by atoms with Crippen molar-refractivity contribution in [3.05, 3.63) is 58.1 Å². The van der Waals surface area contributed by atoms with E-state index in [1.165, 1.54) is 0 Å². The van der Waals surface area contributed by atoms with Gasteiger partial charge in [-0.2, -0.15) is 0 Å². The van der Waals surface area contributed by atoms with Gasteiger partial charge < -0.3 is 14.7 Å². The van der Waals surface area contributed by atoms with Crippen molar-refractivity contribution in [1.82, 2.24) is 9.62 Å². The number of β-amino-alcohol motifs (C(OH)–C–C–N with tert-alkyl or cyclic N) is 1. The van der Waals surface area contributed by atoms with Crippen LogP contribution in [0.2, 0.25) is 5.02 Å². The quantitative estimate of drug-likeness (QED) is 0.396. The second-order valence-electron chi connectivity index (χ2n) is 14.4. The number of carbonyl (C=O) groups excluding carboxylic acids is 1.